The van der Waals surface area contributed by atoms with Gasteiger partial charge >= 0.3 is 0 Å². The van der Waals surface area contributed by atoms with Crippen molar-refractivity contribution < 1.29 is 0 Å². The fraction of sp³-hybridized carbons (Fsp3) is 0.684. The van der Waals surface area contributed by atoms with Crippen molar-refractivity contribution >= 4 is 0 Å². The first-order chi connectivity index (χ1) is 10.2. The Morgan fingerprint density at radius 3 is 2.57 bits per heavy atom. The maximum atomic E-state index is 3.66. The molecule has 0 radical (unpaired) electrons. The SMILES string of the molecule is CCCN(CC1CCCN1)C(CC(C)C)c1ccccc1. The van der Waals surface area contributed by atoms with E-state index < -0.39 is 0 Å². The standard InChI is InChI=1S/C19H32N2/c1-4-13-21(15-18-11-8-12-20-18)19(14-16(2)3)17-9-6-5-7-10-17/h5-7,9-10,16,18-20H,4,8,11-15H2,1-3H3. The van der Waals surface area contributed by atoms with Crippen LogP contribution >= 0.6 is 0 Å². The summed E-state index contributed by atoms with van der Waals surface area (Å²) in [6.07, 6.45) is 5.15. The zero-order valence-corrected chi connectivity index (χ0v) is 14.0. The second-order valence-corrected chi connectivity index (χ2v) is 6.84. The minimum Gasteiger partial charge on any atom is -0.313 e. The van der Waals surface area contributed by atoms with E-state index in [2.05, 4.69) is 61.3 Å². The summed E-state index contributed by atoms with van der Waals surface area (Å²) >= 11 is 0. The van der Waals surface area contributed by atoms with E-state index in [1.165, 1.54) is 50.9 Å². The monoisotopic (exact) mass is 288 g/mol. The van der Waals surface area contributed by atoms with E-state index in [-0.39, 0.29) is 0 Å². The van der Waals surface area contributed by atoms with Gasteiger partial charge in [-0.3, -0.25) is 4.90 Å². The Morgan fingerprint density at radius 2 is 2.00 bits per heavy atom. The molecule has 0 saturated carbocycles. The number of nitrogens with zero attached hydrogens (tertiary/aromatic N) is 1. The summed E-state index contributed by atoms with van der Waals surface area (Å²) < 4.78 is 0. The number of hydrogen-bond acceptors (Lipinski definition) is 2. The van der Waals surface area contributed by atoms with Crippen molar-refractivity contribution in [3.05, 3.63) is 35.9 Å². The number of benzene rings is 1. The van der Waals surface area contributed by atoms with Crippen molar-refractivity contribution in [3.63, 3.8) is 0 Å². The lowest BCUT2D eigenvalue weighted by molar-refractivity contribution is 0.160. The molecule has 1 fully saturated rings. The van der Waals surface area contributed by atoms with Crippen molar-refractivity contribution in [3.8, 4) is 0 Å². The highest BCUT2D eigenvalue weighted by Gasteiger charge is 2.25. The molecule has 2 atom stereocenters. The van der Waals surface area contributed by atoms with Gasteiger partial charge in [0.15, 0.2) is 0 Å². The Kier molecular flexibility index (Phi) is 6.72. The highest BCUT2D eigenvalue weighted by atomic mass is 15.2. The first-order valence-electron chi connectivity index (χ1n) is 8.73. The van der Waals surface area contributed by atoms with E-state index in [1.807, 2.05) is 0 Å². The summed E-state index contributed by atoms with van der Waals surface area (Å²) in [5.41, 5.74) is 1.48. The summed E-state index contributed by atoms with van der Waals surface area (Å²) in [5, 5.41) is 3.66. The van der Waals surface area contributed by atoms with Crippen molar-refractivity contribution in [2.24, 2.45) is 5.92 Å². The lowest BCUT2D eigenvalue weighted by Gasteiger charge is -2.35. The van der Waals surface area contributed by atoms with Crippen LogP contribution in [-0.4, -0.2) is 30.6 Å². The van der Waals surface area contributed by atoms with Gasteiger partial charge in [0.2, 0.25) is 0 Å². The van der Waals surface area contributed by atoms with Gasteiger partial charge in [-0.15, -0.1) is 0 Å². The Labute approximate surface area is 130 Å². The molecule has 21 heavy (non-hydrogen) atoms. The molecule has 118 valence electrons. The highest BCUT2D eigenvalue weighted by Crippen LogP contribution is 2.28. The summed E-state index contributed by atoms with van der Waals surface area (Å²) in [7, 11) is 0. The Hall–Kier alpha value is -0.860. The van der Waals surface area contributed by atoms with E-state index >= 15 is 0 Å². The average molecular weight is 288 g/mol. The zero-order chi connectivity index (χ0) is 15.1. The minimum atomic E-state index is 0.563. The average Bonchev–Trinajstić information content (AvgIpc) is 2.98. The normalized spacial score (nSPS) is 20.3. The molecule has 2 rings (SSSR count). The third-order valence-corrected chi connectivity index (χ3v) is 4.45. The first kappa shape index (κ1) is 16.5. The second kappa shape index (κ2) is 8.55. The molecule has 0 aromatic heterocycles. The van der Waals surface area contributed by atoms with Crippen molar-refractivity contribution in [1.29, 1.82) is 0 Å². The van der Waals surface area contributed by atoms with E-state index in [0.717, 1.165) is 5.92 Å². The maximum Gasteiger partial charge on any atom is 0.0351 e. The molecule has 1 N–H and O–H groups in total. The van der Waals surface area contributed by atoms with Gasteiger partial charge in [0, 0.05) is 18.6 Å². The van der Waals surface area contributed by atoms with Crippen molar-refractivity contribution in [2.75, 3.05) is 19.6 Å². The van der Waals surface area contributed by atoms with Crippen molar-refractivity contribution in [2.45, 2.75) is 58.5 Å². The molecule has 0 bridgehead atoms. The summed E-state index contributed by atoms with van der Waals surface area (Å²) in [5.74, 6) is 0.728. The third-order valence-electron chi connectivity index (χ3n) is 4.45. The van der Waals surface area contributed by atoms with Crippen LogP contribution in [0.2, 0.25) is 0 Å². The smallest absolute Gasteiger partial charge is 0.0351 e. The fourth-order valence-corrected chi connectivity index (χ4v) is 3.47. The quantitative estimate of drug-likeness (QED) is 0.770. The molecule has 1 heterocycles. The number of hydrogen-bond donors (Lipinski definition) is 1. The molecule has 1 aliphatic heterocycles. The number of nitrogens with one attached hydrogen (secondary N) is 1. The predicted octanol–water partition coefficient (Wildman–Crippen LogP) is 4.24. The molecule has 1 aromatic carbocycles. The lowest BCUT2D eigenvalue weighted by atomic mass is 9.95. The van der Waals surface area contributed by atoms with Crippen LogP contribution in [0.5, 0.6) is 0 Å². The zero-order valence-electron chi connectivity index (χ0n) is 14.0. The predicted molar refractivity (Wildman–Crippen MR) is 91.5 cm³/mol. The van der Waals surface area contributed by atoms with Crippen LogP contribution in [0.15, 0.2) is 30.3 Å². The van der Waals surface area contributed by atoms with Gasteiger partial charge in [0.25, 0.3) is 0 Å². The van der Waals surface area contributed by atoms with E-state index in [9.17, 15) is 0 Å². The van der Waals surface area contributed by atoms with Gasteiger partial charge in [-0.25, -0.2) is 0 Å². The topological polar surface area (TPSA) is 15.3 Å². The molecule has 1 aliphatic rings. The maximum absolute atomic E-state index is 3.66. The van der Waals surface area contributed by atoms with Gasteiger partial charge in [-0.2, -0.15) is 0 Å². The van der Waals surface area contributed by atoms with Crippen LogP contribution in [0.4, 0.5) is 0 Å². The molecule has 0 spiro atoms. The van der Waals surface area contributed by atoms with Crippen LogP contribution < -0.4 is 5.32 Å². The van der Waals surface area contributed by atoms with E-state index in [1.54, 1.807) is 0 Å². The molecule has 1 saturated heterocycles. The van der Waals surface area contributed by atoms with Crippen LogP contribution in [0.3, 0.4) is 0 Å². The molecule has 0 aliphatic carbocycles. The van der Waals surface area contributed by atoms with E-state index in [0.29, 0.717) is 12.1 Å². The third kappa shape index (κ3) is 5.12. The van der Waals surface area contributed by atoms with Gasteiger partial charge in [0.05, 0.1) is 0 Å². The molecule has 0 amide bonds. The number of rotatable bonds is 8. The van der Waals surface area contributed by atoms with Gasteiger partial charge in [0.1, 0.15) is 0 Å². The summed E-state index contributed by atoms with van der Waals surface area (Å²) in [4.78, 5) is 2.72. The minimum absolute atomic E-state index is 0.563. The Bertz CT molecular complexity index is 382. The van der Waals surface area contributed by atoms with E-state index in [4.69, 9.17) is 0 Å². The van der Waals surface area contributed by atoms with Gasteiger partial charge in [-0.05, 0) is 50.3 Å². The molecular weight excluding hydrogens is 256 g/mol. The van der Waals surface area contributed by atoms with Crippen LogP contribution in [0.25, 0.3) is 0 Å². The Balaban J connectivity index is 2.13. The molecular formula is C19H32N2. The molecule has 1 aromatic rings. The summed E-state index contributed by atoms with van der Waals surface area (Å²) in [6, 6.07) is 12.3. The Morgan fingerprint density at radius 1 is 1.24 bits per heavy atom. The van der Waals surface area contributed by atoms with Gasteiger partial charge < -0.3 is 5.32 Å². The first-order valence-corrected chi connectivity index (χ1v) is 8.73. The largest absolute Gasteiger partial charge is 0.313 e. The van der Waals surface area contributed by atoms with Crippen molar-refractivity contribution in [1.82, 2.24) is 10.2 Å². The van der Waals surface area contributed by atoms with Gasteiger partial charge in [-0.1, -0.05) is 51.1 Å². The molecule has 2 nitrogen and oxygen atoms in total. The van der Waals surface area contributed by atoms with Crippen LogP contribution in [0.1, 0.15) is 58.1 Å². The lowest BCUT2D eigenvalue weighted by Crippen LogP contribution is -2.40. The highest BCUT2D eigenvalue weighted by molar-refractivity contribution is 5.19. The molecule has 2 unspecified atom stereocenters. The molecule has 2 heteroatoms. The van der Waals surface area contributed by atoms with Crippen LogP contribution in [0, 0.1) is 5.92 Å². The fourth-order valence-electron chi connectivity index (χ4n) is 3.47. The van der Waals surface area contributed by atoms with Crippen LogP contribution in [-0.2, 0) is 0 Å². The summed E-state index contributed by atoms with van der Waals surface area (Å²) in [6.45, 7) is 10.6. The second-order valence-electron chi connectivity index (χ2n) is 6.84.